The van der Waals surface area contributed by atoms with Crippen LogP contribution in [0.2, 0.25) is 0 Å². The highest BCUT2D eigenvalue weighted by Gasteiger charge is 2.28. The van der Waals surface area contributed by atoms with E-state index in [1.54, 1.807) is 29.1 Å². The minimum atomic E-state index is -0.356. The van der Waals surface area contributed by atoms with Gasteiger partial charge in [0.25, 0.3) is 5.69 Å². The van der Waals surface area contributed by atoms with Crippen LogP contribution in [-0.2, 0) is 11.3 Å². The van der Waals surface area contributed by atoms with Gasteiger partial charge in [-0.3, -0.25) is 19.6 Å². The standard InChI is InChI=1S/C18H23N5O3/c1-14(13-22-10-4-9-19-22)20-18(24)15-7-11-21(12-8-15)16-5-2-3-6-17(16)23(25)26/h2-6,9-10,14-15H,7-8,11-13H2,1H3,(H,20,24)/t14-/m0/s1. The quantitative estimate of drug-likeness (QED) is 0.632. The van der Waals surface area contributed by atoms with E-state index in [9.17, 15) is 14.9 Å². The molecule has 8 heteroatoms. The van der Waals surface area contributed by atoms with Crippen molar-refractivity contribution in [2.75, 3.05) is 18.0 Å². The predicted molar refractivity (Wildman–Crippen MR) is 97.9 cm³/mol. The maximum atomic E-state index is 12.5. The molecular formula is C18H23N5O3. The van der Waals surface area contributed by atoms with Gasteiger partial charge in [-0.15, -0.1) is 0 Å². The minimum Gasteiger partial charge on any atom is -0.366 e. The van der Waals surface area contributed by atoms with E-state index in [1.165, 1.54) is 6.07 Å². The van der Waals surface area contributed by atoms with Crippen LogP contribution < -0.4 is 10.2 Å². The number of aromatic nitrogens is 2. The van der Waals surface area contributed by atoms with Gasteiger partial charge in [0.05, 0.1) is 11.5 Å². The van der Waals surface area contributed by atoms with Gasteiger partial charge in [0, 0.05) is 43.5 Å². The van der Waals surface area contributed by atoms with E-state index in [1.807, 2.05) is 24.1 Å². The summed E-state index contributed by atoms with van der Waals surface area (Å²) in [6.07, 6.45) is 4.96. The first-order valence-corrected chi connectivity index (χ1v) is 8.81. The monoisotopic (exact) mass is 357 g/mol. The molecule has 1 aromatic carbocycles. The molecule has 1 amide bonds. The van der Waals surface area contributed by atoms with E-state index in [4.69, 9.17) is 0 Å². The molecule has 138 valence electrons. The number of para-hydroxylation sites is 2. The molecule has 3 rings (SSSR count). The summed E-state index contributed by atoms with van der Waals surface area (Å²) < 4.78 is 1.79. The number of carbonyl (C=O) groups is 1. The molecular weight excluding hydrogens is 334 g/mol. The maximum Gasteiger partial charge on any atom is 0.292 e. The zero-order chi connectivity index (χ0) is 18.5. The Morgan fingerprint density at radius 2 is 2.08 bits per heavy atom. The average Bonchev–Trinajstić information content (AvgIpc) is 3.14. The lowest BCUT2D eigenvalue weighted by atomic mass is 9.95. The second kappa shape index (κ2) is 7.99. The summed E-state index contributed by atoms with van der Waals surface area (Å²) in [4.78, 5) is 25.3. The fourth-order valence-corrected chi connectivity index (χ4v) is 3.36. The number of benzene rings is 1. The van der Waals surface area contributed by atoms with Crippen LogP contribution in [0.25, 0.3) is 0 Å². The number of anilines is 1. The molecule has 8 nitrogen and oxygen atoms in total. The number of rotatable bonds is 6. The number of amides is 1. The molecule has 0 radical (unpaired) electrons. The first-order valence-electron chi connectivity index (χ1n) is 8.81. The molecule has 0 unspecified atom stereocenters. The molecule has 1 N–H and O–H groups in total. The zero-order valence-corrected chi connectivity index (χ0v) is 14.7. The molecule has 0 spiro atoms. The Balaban J connectivity index is 1.53. The zero-order valence-electron chi connectivity index (χ0n) is 14.7. The molecule has 1 fully saturated rings. The van der Waals surface area contributed by atoms with Crippen LogP contribution in [0.4, 0.5) is 11.4 Å². The van der Waals surface area contributed by atoms with Crippen LogP contribution in [0.3, 0.4) is 0 Å². The van der Waals surface area contributed by atoms with Crippen molar-refractivity contribution >= 4 is 17.3 Å². The molecule has 1 aromatic heterocycles. The van der Waals surface area contributed by atoms with Crippen LogP contribution in [-0.4, -0.2) is 39.7 Å². The third-order valence-electron chi connectivity index (χ3n) is 4.69. The lowest BCUT2D eigenvalue weighted by molar-refractivity contribution is -0.384. The van der Waals surface area contributed by atoms with Gasteiger partial charge in [-0.1, -0.05) is 12.1 Å². The topological polar surface area (TPSA) is 93.3 Å². The second-order valence-corrected chi connectivity index (χ2v) is 6.64. The number of nitro groups is 1. The summed E-state index contributed by atoms with van der Waals surface area (Å²) in [5.41, 5.74) is 0.742. The maximum absolute atomic E-state index is 12.5. The van der Waals surface area contributed by atoms with Gasteiger partial charge in [-0.05, 0) is 31.9 Å². The summed E-state index contributed by atoms with van der Waals surface area (Å²) in [6, 6.07) is 8.61. The van der Waals surface area contributed by atoms with E-state index in [2.05, 4.69) is 10.4 Å². The van der Waals surface area contributed by atoms with Gasteiger partial charge in [-0.25, -0.2) is 0 Å². The van der Waals surface area contributed by atoms with Crippen molar-refractivity contribution in [1.82, 2.24) is 15.1 Å². The molecule has 1 saturated heterocycles. The highest BCUT2D eigenvalue weighted by atomic mass is 16.6. The minimum absolute atomic E-state index is 0.00404. The van der Waals surface area contributed by atoms with Gasteiger partial charge in [0.15, 0.2) is 0 Å². The summed E-state index contributed by atoms with van der Waals surface area (Å²) in [6.45, 7) is 3.86. The molecule has 26 heavy (non-hydrogen) atoms. The Labute approximate surface area is 151 Å². The fraction of sp³-hybridized carbons (Fsp3) is 0.444. The molecule has 1 atom stereocenters. The van der Waals surface area contributed by atoms with Crippen molar-refractivity contribution in [1.29, 1.82) is 0 Å². The van der Waals surface area contributed by atoms with Crippen molar-refractivity contribution in [3.8, 4) is 0 Å². The van der Waals surface area contributed by atoms with Crippen molar-refractivity contribution in [3.05, 3.63) is 52.8 Å². The largest absolute Gasteiger partial charge is 0.366 e. The number of nitrogens with one attached hydrogen (secondary N) is 1. The summed E-state index contributed by atoms with van der Waals surface area (Å²) in [5.74, 6) is -0.0130. The normalized spacial score (nSPS) is 16.3. The van der Waals surface area contributed by atoms with Crippen LogP contribution in [0, 0.1) is 16.0 Å². The summed E-state index contributed by atoms with van der Waals surface area (Å²) in [7, 11) is 0. The van der Waals surface area contributed by atoms with Gasteiger partial charge < -0.3 is 10.2 Å². The third-order valence-corrected chi connectivity index (χ3v) is 4.69. The van der Waals surface area contributed by atoms with Crippen molar-refractivity contribution in [3.63, 3.8) is 0 Å². The van der Waals surface area contributed by atoms with E-state index in [0.29, 0.717) is 38.2 Å². The Hall–Kier alpha value is -2.90. The van der Waals surface area contributed by atoms with Crippen LogP contribution in [0.1, 0.15) is 19.8 Å². The fourth-order valence-electron chi connectivity index (χ4n) is 3.36. The van der Waals surface area contributed by atoms with E-state index < -0.39 is 0 Å². The number of piperidine rings is 1. The third kappa shape index (κ3) is 4.19. The first kappa shape index (κ1) is 17.9. The van der Waals surface area contributed by atoms with Crippen molar-refractivity contribution in [2.24, 2.45) is 5.92 Å². The van der Waals surface area contributed by atoms with Crippen LogP contribution in [0.15, 0.2) is 42.7 Å². The number of hydrogen-bond donors (Lipinski definition) is 1. The average molecular weight is 357 g/mol. The highest BCUT2D eigenvalue weighted by molar-refractivity contribution is 5.79. The van der Waals surface area contributed by atoms with Crippen LogP contribution >= 0.6 is 0 Å². The molecule has 1 aliphatic rings. The molecule has 0 aliphatic carbocycles. The van der Waals surface area contributed by atoms with E-state index in [-0.39, 0.29) is 28.5 Å². The Morgan fingerprint density at radius 3 is 2.73 bits per heavy atom. The SMILES string of the molecule is C[C@@H](Cn1cccn1)NC(=O)C1CCN(c2ccccc2[N+](=O)[O-])CC1. The van der Waals surface area contributed by atoms with E-state index >= 15 is 0 Å². The van der Waals surface area contributed by atoms with Gasteiger partial charge in [0.2, 0.25) is 5.91 Å². The van der Waals surface area contributed by atoms with Gasteiger partial charge in [-0.2, -0.15) is 5.10 Å². The Bertz CT molecular complexity index is 754. The smallest absolute Gasteiger partial charge is 0.292 e. The van der Waals surface area contributed by atoms with E-state index in [0.717, 1.165) is 0 Å². The first-order chi connectivity index (χ1) is 12.5. The Kier molecular flexibility index (Phi) is 5.50. The number of carbonyl (C=O) groups excluding carboxylic acids is 1. The number of hydrogen-bond acceptors (Lipinski definition) is 5. The number of nitro benzene ring substituents is 1. The van der Waals surface area contributed by atoms with Gasteiger partial charge in [0.1, 0.15) is 5.69 Å². The lowest BCUT2D eigenvalue weighted by Gasteiger charge is -2.33. The highest BCUT2D eigenvalue weighted by Crippen LogP contribution is 2.31. The summed E-state index contributed by atoms with van der Waals surface area (Å²) >= 11 is 0. The Morgan fingerprint density at radius 1 is 1.35 bits per heavy atom. The summed E-state index contributed by atoms with van der Waals surface area (Å²) in [5, 5.41) is 18.4. The molecule has 2 heterocycles. The van der Waals surface area contributed by atoms with Crippen LogP contribution in [0.5, 0.6) is 0 Å². The van der Waals surface area contributed by atoms with Gasteiger partial charge >= 0.3 is 0 Å². The predicted octanol–water partition coefficient (Wildman–Crippen LogP) is 2.21. The second-order valence-electron chi connectivity index (χ2n) is 6.64. The molecule has 0 saturated carbocycles. The molecule has 0 bridgehead atoms. The number of nitrogens with zero attached hydrogens (tertiary/aromatic N) is 4. The van der Waals surface area contributed by atoms with Crippen molar-refractivity contribution < 1.29 is 9.72 Å². The molecule has 2 aromatic rings. The van der Waals surface area contributed by atoms with Crippen molar-refractivity contribution in [2.45, 2.75) is 32.4 Å². The lowest BCUT2D eigenvalue weighted by Crippen LogP contribution is -2.44. The molecule has 1 aliphatic heterocycles.